The Labute approximate surface area is 188 Å². The number of cyclic esters (lactones) is 1. The molecule has 6 nitrogen and oxygen atoms in total. The van der Waals surface area contributed by atoms with Crippen LogP contribution in [0, 0.1) is 17.8 Å². The zero-order chi connectivity index (χ0) is 25.8. The van der Waals surface area contributed by atoms with E-state index in [0.717, 1.165) is 0 Å². The van der Waals surface area contributed by atoms with Crippen molar-refractivity contribution >= 4 is 18.0 Å². The molecule has 192 valence electrons. The summed E-state index contributed by atoms with van der Waals surface area (Å²) in [6, 6.07) is -0.753. The molecule has 0 N–H and O–H groups in total. The van der Waals surface area contributed by atoms with Crippen molar-refractivity contribution < 1.29 is 50.2 Å². The quantitative estimate of drug-likeness (QED) is 0.308. The molecule has 1 aliphatic heterocycles. The van der Waals surface area contributed by atoms with E-state index in [9.17, 15) is 40.7 Å². The van der Waals surface area contributed by atoms with Gasteiger partial charge in [0.15, 0.2) is 0 Å². The number of ether oxygens (including phenoxy) is 2. The molecule has 1 aliphatic rings. The Morgan fingerprint density at radius 2 is 1.55 bits per heavy atom. The number of hydrogen-bond acceptors (Lipinski definition) is 5. The fourth-order valence-electron chi connectivity index (χ4n) is 3.56. The van der Waals surface area contributed by atoms with E-state index < -0.39 is 85.9 Å². The van der Waals surface area contributed by atoms with Crippen molar-refractivity contribution in [3.05, 3.63) is 0 Å². The van der Waals surface area contributed by atoms with Gasteiger partial charge in [0.05, 0.1) is 17.9 Å². The molecule has 0 aromatic rings. The average Bonchev–Trinajstić information content (AvgIpc) is 2.98. The molecule has 0 spiro atoms. The van der Waals surface area contributed by atoms with Crippen LogP contribution < -0.4 is 0 Å². The van der Waals surface area contributed by atoms with E-state index in [2.05, 4.69) is 0 Å². The van der Waals surface area contributed by atoms with Gasteiger partial charge in [-0.1, -0.05) is 13.8 Å². The van der Waals surface area contributed by atoms with Gasteiger partial charge in [-0.15, -0.1) is 0 Å². The van der Waals surface area contributed by atoms with Crippen LogP contribution in [-0.2, 0) is 19.1 Å². The maximum absolute atomic E-state index is 13.3. The molecular weight excluding hydrogens is 460 g/mol. The monoisotopic (exact) mass is 491 g/mol. The number of amides is 2. The highest BCUT2D eigenvalue weighted by Gasteiger charge is 2.47. The minimum absolute atomic E-state index is 0.156. The largest absolute Gasteiger partial charge is 0.460 e. The molecule has 0 aromatic carbocycles. The topological polar surface area (TPSA) is 72.9 Å². The lowest BCUT2D eigenvalue weighted by Crippen LogP contribution is -2.48. The van der Waals surface area contributed by atoms with Crippen LogP contribution in [0.1, 0.15) is 66.7 Å². The molecular formula is C21H31F6NO5. The van der Waals surface area contributed by atoms with Crippen molar-refractivity contribution in [3.63, 3.8) is 0 Å². The molecule has 0 saturated carbocycles. The molecule has 33 heavy (non-hydrogen) atoms. The first-order valence-corrected chi connectivity index (χ1v) is 10.7. The van der Waals surface area contributed by atoms with Gasteiger partial charge in [-0.2, -0.15) is 26.3 Å². The summed E-state index contributed by atoms with van der Waals surface area (Å²) < 4.78 is 87.1. The maximum Gasteiger partial charge on any atom is 0.416 e. The van der Waals surface area contributed by atoms with E-state index in [1.54, 1.807) is 13.8 Å². The van der Waals surface area contributed by atoms with Gasteiger partial charge in [0.1, 0.15) is 12.2 Å². The van der Waals surface area contributed by atoms with Crippen molar-refractivity contribution in [2.45, 2.75) is 90.7 Å². The second-order valence-corrected chi connectivity index (χ2v) is 9.50. The number of halogens is 6. The highest BCUT2D eigenvalue weighted by atomic mass is 19.4. The fourth-order valence-corrected chi connectivity index (χ4v) is 3.56. The minimum atomic E-state index is -4.67. The van der Waals surface area contributed by atoms with Gasteiger partial charge < -0.3 is 9.47 Å². The van der Waals surface area contributed by atoms with E-state index in [-0.39, 0.29) is 12.5 Å². The lowest BCUT2D eigenvalue weighted by molar-refractivity contribution is -0.169. The van der Waals surface area contributed by atoms with E-state index in [1.807, 2.05) is 0 Å². The summed E-state index contributed by atoms with van der Waals surface area (Å²) in [5.41, 5.74) is -1.11. The first-order valence-electron chi connectivity index (χ1n) is 10.7. The molecule has 1 fully saturated rings. The number of alkyl halides is 6. The number of nitrogens with zero attached hydrogens (tertiary/aromatic N) is 1. The van der Waals surface area contributed by atoms with Crippen LogP contribution in [0.4, 0.5) is 31.1 Å². The van der Waals surface area contributed by atoms with Crippen LogP contribution in [0.25, 0.3) is 0 Å². The van der Waals surface area contributed by atoms with Crippen LogP contribution in [0.5, 0.6) is 0 Å². The van der Waals surface area contributed by atoms with Crippen molar-refractivity contribution in [1.29, 1.82) is 0 Å². The normalized spacial score (nSPS) is 19.5. The third-order valence-electron chi connectivity index (χ3n) is 5.14. The number of hydrogen-bond donors (Lipinski definition) is 0. The third-order valence-corrected chi connectivity index (χ3v) is 5.14. The van der Waals surface area contributed by atoms with E-state index >= 15 is 0 Å². The minimum Gasteiger partial charge on any atom is -0.460 e. The molecule has 0 aromatic heterocycles. The Hall–Kier alpha value is -2.01. The van der Waals surface area contributed by atoms with Gasteiger partial charge in [-0.3, -0.25) is 9.59 Å². The summed E-state index contributed by atoms with van der Waals surface area (Å²) in [5, 5.41) is 0. The zero-order valence-corrected chi connectivity index (χ0v) is 19.3. The van der Waals surface area contributed by atoms with Crippen molar-refractivity contribution in [3.8, 4) is 0 Å². The number of imide groups is 1. The Balaban J connectivity index is 3.34. The van der Waals surface area contributed by atoms with Crippen LogP contribution >= 0.6 is 0 Å². The van der Waals surface area contributed by atoms with Crippen LogP contribution in [-0.4, -0.2) is 53.5 Å². The summed E-state index contributed by atoms with van der Waals surface area (Å²) in [7, 11) is 0. The molecule has 1 rings (SSSR count). The number of esters is 1. The molecule has 1 saturated heterocycles. The Bertz CT molecular complexity index is 699. The first kappa shape index (κ1) is 29.0. The molecule has 3 atom stereocenters. The zero-order valence-electron chi connectivity index (χ0n) is 19.3. The smallest absolute Gasteiger partial charge is 0.416 e. The lowest BCUT2D eigenvalue weighted by Gasteiger charge is -2.32. The highest BCUT2D eigenvalue weighted by molar-refractivity contribution is 5.96. The molecule has 0 aliphatic carbocycles. The number of rotatable bonds is 9. The van der Waals surface area contributed by atoms with Gasteiger partial charge in [-0.05, 0) is 46.0 Å². The highest BCUT2D eigenvalue weighted by Crippen LogP contribution is 2.35. The van der Waals surface area contributed by atoms with Crippen LogP contribution in [0.2, 0.25) is 0 Å². The van der Waals surface area contributed by atoms with Gasteiger partial charge in [0, 0.05) is 12.8 Å². The lowest BCUT2D eigenvalue weighted by atomic mass is 9.82. The second kappa shape index (κ2) is 10.9. The summed E-state index contributed by atoms with van der Waals surface area (Å²) >= 11 is 0. The van der Waals surface area contributed by atoms with Crippen LogP contribution in [0.3, 0.4) is 0 Å². The second-order valence-electron chi connectivity index (χ2n) is 9.50. The average molecular weight is 491 g/mol. The summed E-state index contributed by atoms with van der Waals surface area (Å²) in [5.74, 6) is -5.75. The molecule has 1 heterocycles. The number of carbonyl (C=O) groups excluding carboxylic acids is 3. The SMILES string of the molecule is CC(C)[C@H]1COC(=O)N1C(=O)[C@H](CCCC(F)(F)F)[C@@H](CCC(F)(F)F)C(=O)OC(C)(C)C. The van der Waals surface area contributed by atoms with Gasteiger partial charge in [0.2, 0.25) is 5.91 Å². The van der Waals surface area contributed by atoms with Crippen molar-refractivity contribution in [2.75, 3.05) is 6.61 Å². The fraction of sp³-hybridized carbons (Fsp3) is 0.857. The molecule has 12 heteroatoms. The van der Waals surface area contributed by atoms with E-state index in [1.165, 1.54) is 20.8 Å². The molecule has 0 unspecified atom stereocenters. The summed E-state index contributed by atoms with van der Waals surface area (Å²) in [4.78, 5) is 39.0. The Kier molecular flexibility index (Phi) is 9.62. The summed E-state index contributed by atoms with van der Waals surface area (Å²) in [6.45, 7) is 7.62. The maximum atomic E-state index is 13.3. The van der Waals surface area contributed by atoms with Crippen molar-refractivity contribution in [1.82, 2.24) is 4.90 Å². The van der Waals surface area contributed by atoms with Gasteiger partial charge in [0.25, 0.3) is 0 Å². The first-order chi connectivity index (χ1) is 14.8. The summed E-state index contributed by atoms with van der Waals surface area (Å²) in [6.07, 6.45) is -15.0. The van der Waals surface area contributed by atoms with Crippen molar-refractivity contribution in [2.24, 2.45) is 17.8 Å². The predicted molar refractivity (Wildman–Crippen MR) is 105 cm³/mol. The van der Waals surface area contributed by atoms with Gasteiger partial charge >= 0.3 is 24.4 Å². The Morgan fingerprint density at radius 1 is 1.00 bits per heavy atom. The van der Waals surface area contributed by atoms with Crippen LogP contribution in [0.15, 0.2) is 0 Å². The van der Waals surface area contributed by atoms with E-state index in [0.29, 0.717) is 4.90 Å². The predicted octanol–water partition coefficient (Wildman–Crippen LogP) is 5.64. The van der Waals surface area contributed by atoms with E-state index in [4.69, 9.17) is 9.47 Å². The number of carbonyl (C=O) groups is 3. The van der Waals surface area contributed by atoms with Gasteiger partial charge in [-0.25, -0.2) is 9.69 Å². The standard InChI is InChI=1S/C21H31F6NO5/c1-12(2)15-11-32-18(31)28(15)16(29)13(7-6-9-20(22,23)24)14(8-10-21(25,26)27)17(30)33-19(3,4)5/h12-15H,6-11H2,1-5H3/t13-,14-,15-/m1/s1. The third kappa shape index (κ3) is 9.79. The molecule has 2 amide bonds. The molecule has 0 bridgehead atoms. The molecule has 0 radical (unpaired) electrons. The Morgan fingerprint density at radius 3 is 2.00 bits per heavy atom.